The molecule has 0 bridgehead atoms. The lowest BCUT2D eigenvalue weighted by molar-refractivity contribution is -0.144. The van der Waals surface area contributed by atoms with Crippen molar-refractivity contribution in [3.05, 3.63) is 83.2 Å². The summed E-state index contributed by atoms with van der Waals surface area (Å²) < 4.78 is 62.2. The van der Waals surface area contributed by atoms with E-state index in [1.54, 1.807) is 63.1 Å². The summed E-state index contributed by atoms with van der Waals surface area (Å²) in [5.41, 5.74) is 0.982. The van der Waals surface area contributed by atoms with E-state index in [1.807, 2.05) is 0 Å². The molecule has 4 rings (SSSR count). The summed E-state index contributed by atoms with van der Waals surface area (Å²) in [7, 11) is 1.61. The van der Waals surface area contributed by atoms with Crippen LogP contribution >= 0.6 is 12.4 Å². The molecule has 0 unspecified atom stereocenters. The molecule has 0 radical (unpaired) electrons. The summed E-state index contributed by atoms with van der Waals surface area (Å²) in [5.74, 6) is -1.91. The van der Waals surface area contributed by atoms with Gasteiger partial charge in [0.05, 0.1) is 5.56 Å². The molecule has 1 atom stereocenters. The van der Waals surface area contributed by atoms with Crippen LogP contribution in [0.2, 0.25) is 0 Å². The van der Waals surface area contributed by atoms with E-state index in [1.165, 1.54) is 24.3 Å². The number of carbonyl (C=O) groups is 1. The standard InChI is InChI=1S/C29H27F4N3O3.ClH/c1-16(2)25(28(37)38)36(4)15-20-10-9-18(14-24(20)30)26-34-27(39-35-26)19-11-12-22(23(13-19)29(31,32)33)21-8-6-5-7-17(21)3;/h5-14,16,25H,15H2,1-4H3,(H,37,38);1H/t25-;/m0./s1. The minimum atomic E-state index is -4.63. The number of likely N-dealkylation sites (N-methyl/N-ethyl adjacent to an activating group) is 1. The van der Waals surface area contributed by atoms with Gasteiger partial charge in [-0.25, -0.2) is 4.39 Å². The highest BCUT2D eigenvalue weighted by atomic mass is 35.5. The number of halogens is 5. The van der Waals surface area contributed by atoms with Gasteiger partial charge < -0.3 is 9.63 Å². The highest BCUT2D eigenvalue weighted by Gasteiger charge is 2.35. The van der Waals surface area contributed by atoms with Gasteiger partial charge in [-0.2, -0.15) is 18.2 Å². The Morgan fingerprint density at radius 2 is 1.70 bits per heavy atom. The average molecular weight is 578 g/mol. The van der Waals surface area contributed by atoms with Gasteiger partial charge in [0.25, 0.3) is 5.89 Å². The summed E-state index contributed by atoms with van der Waals surface area (Å²) in [6.45, 7) is 5.35. The van der Waals surface area contributed by atoms with Crippen LogP contribution in [0.15, 0.2) is 65.2 Å². The van der Waals surface area contributed by atoms with Gasteiger partial charge in [0.2, 0.25) is 5.82 Å². The van der Waals surface area contributed by atoms with Crippen molar-refractivity contribution in [1.29, 1.82) is 0 Å². The van der Waals surface area contributed by atoms with Crippen LogP contribution in [-0.2, 0) is 17.5 Å². The third-order valence-corrected chi connectivity index (χ3v) is 6.52. The Bertz CT molecular complexity index is 1500. The number of hydrogen-bond acceptors (Lipinski definition) is 5. The molecule has 0 aliphatic rings. The molecule has 0 spiro atoms. The lowest BCUT2D eigenvalue weighted by atomic mass is 9.94. The Morgan fingerprint density at radius 1 is 1.02 bits per heavy atom. The van der Waals surface area contributed by atoms with Crippen LogP contribution in [0.4, 0.5) is 17.6 Å². The summed E-state index contributed by atoms with van der Waals surface area (Å²) in [6.07, 6.45) is -4.63. The summed E-state index contributed by atoms with van der Waals surface area (Å²) in [6, 6.07) is 14.1. The van der Waals surface area contributed by atoms with Gasteiger partial charge in [0.15, 0.2) is 0 Å². The van der Waals surface area contributed by atoms with Crippen molar-refractivity contribution in [2.75, 3.05) is 7.05 Å². The average Bonchev–Trinajstić information content (AvgIpc) is 3.35. The van der Waals surface area contributed by atoms with Crippen molar-refractivity contribution < 1.29 is 32.0 Å². The molecule has 212 valence electrons. The molecule has 11 heteroatoms. The van der Waals surface area contributed by atoms with Crippen LogP contribution < -0.4 is 0 Å². The number of nitrogens with zero attached hydrogens (tertiary/aromatic N) is 3. The van der Waals surface area contributed by atoms with Crippen LogP contribution in [0.5, 0.6) is 0 Å². The zero-order valence-corrected chi connectivity index (χ0v) is 23.0. The number of aryl methyl sites for hydroxylation is 1. The molecule has 0 saturated carbocycles. The molecule has 1 aromatic heterocycles. The van der Waals surface area contributed by atoms with Gasteiger partial charge in [0.1, 0.15) is 11.9 Å². The first-order chi connectivity index (χ1) is 18.4. The van der Waals surface area contributed by atoms with Gasteiger partial charge in [0, 0.05) is 23.2 Å². The highest BCUT2D eigenvalue weighted by Crippen LogP contribution is 2.40. The lowest BCUT2D eigenvalue weighted by Gasteiger charge is -2.27. The third-order valence-electron chi connectivity index (χ3n) is 6.52. The van der Waals surface area contributed by atoms with Crippen molar-refractivity contribution in [3.63, 3.8) is 0 Å². The van der Waals surface area contributed by atoms with Gasteiger partial charge in [-0.1, -0.05) is 61.5 Å². The van der Waals surface area contributed by atoms with E-state index in [-0.39, 0.29) is 58.8 Å². The fourth-order valence-electron chi connectivity index (χ4n) is 4.64. The van der Waals surface area contributed by atoms with Crippen molar-refractivity contribution in [1.82, 2.24) is 15.0 Å². The molecule has 1 heterocycles. The van der Waals surface area contributed by atoms with Gasteiger partial charge in [-0.15, -0.1) is 12.4 Å². The maximum Gasteiger partial charge on any atom is 0.417 e. The Morgan fingerprint density at radius 3 is 2.30 bits per heavy atom. The first kappa shape index (κ1) is 30.8. The second-order valence-electron chi connectivity index (χ2n) is 9.74. The summed E-state index contributed by atoms with van der Waals surface area (Å²) >= 11 is 0. The number of rotatable bonds is 8. The van der Waals surface area contributed by atoms with E-state index in [0.29, 0.717) is 11.1 Å². The first-order valence-corrected chi connectivity index (χ1v) is 12.2. The molecule has 0 aliphatic carbocycles. The SMILES string of the molecule is Cc1ccccc1-c1ccc(-c2nc(-c3ccc(CN(C)[C@H](C(=O)O)C(C)C)c(F)c3)no2)cc1C(F)(F)F.Cl. The number of aromatic nitrogens is 2. The predicted molar refractivity (Wildman–Crippen MR) is 145 cm³/mol. The van der Waals surface area contributed by atoms with Crippen molar-refractivity contribution in [2.45, 2.75) is 39.5 Å². The van der Waals surface area contributed by atoms with Crippen molar-refractivity contribution in [2.24, 2.45) is 5.92 Å². The Hall–Kier alpha value is -3.76. The largest absolute Gasteiger partial charge is 0.480 e. The monoisotopic (exact) mass is 577 g/mol. The Balaban J connectivity index is 0.00000441. The fourth-order valence-corrected chi connectivity index (χ4v) is 4.64. The molecular weight excluding hydrogens is 550 g/mol. The maximum absolute atomic E-state index is 14.9. The fraction of sp³-hybridized carbons (Fsp3) is 0.276. The highest BCUT2D eigenvalue weighted by molar-refractivity contribution is 5.85. The second kappa shape index (κ2) is 12.2. The van der Waals surface area contributed by atoms with Crippen LogP contribution in [0.25, 0.3) is 34.0 Å². The van der Waals surface area contributed by atoms with Crippen LogP contribution in [0.3, 0.4) is 0 Å². The number of carboxylic acid groups (broad SMARTS) is 1. The molecular formula is C29H28ClF4N3O3. The topological polar surface area (TPSA) is 79.5 Å². The Labute approximate surface area is 235 Å². The molecule has 0 aliphatic heterocycles. The zero-order valence-electron chi connectivity index (χ0n) is 22.2. The van der Waals surface area contributed by atoms with E-state index < -0.39 is 29.6 Å². The number of alkyl halides is 3. The van der Waals surface area contributed by atoms with Gasteiger partial charge in [-0.05, 0) is 54.8 Å². The van der Waals surface area contributed by atoms with Crippen LogP contribution in [0.1, 0.15) is 30.5 Å². The second-order valence-corrected chi connectivity index (χ2v) is 9.74. The number of carboxylic acids is 1. The van der Waals surface area contributed by atoms with Crippen molar-refractivity contribution >= 4 is 18.4 Å². The van der Waals surface area contributed by atoms with Gasteiger partial charge in [-0.3, -0.25) is 9.69 Å². The molecule has 0 amide bonds. The summed E-state index contributed by atoms with van der Waals surface area (Å²) in [4.78, 5) is 17.3. The van der Waals surface area contributed by atoms with E-state index in [9.17, 15) is 27.5 Å². The molecule has 1 N–H and O–H groups in total. The van der Waals surface area contributed by atoms with E-state index in [0.717, 1.165) is 6.07 Å². The maximum atomic E-state index is 14.9. The minimum absolute atomic E-state index is 0. The minimum Gasteiger partial charge on any atom is -0.480 e. The van der Waals surface area contributed by atoms with Crippen LogP contribution in [-0.4, -0.2) is 39.2 Å². The van der Waals surface area contributed by atoms with E-state index >= 15 is 0 Å². The quantitative estimate of drug-likeness (QED) is 0.218. The van der Waals surface area contributed by atoms with Gasteiger partial charge >= 0.3 is 12.1 Å². The first-order valence-electron chi connectivity index (χ1n) is 12.2. The van der Waals surface area contributed by atoms with E-state index in [4.69, 9.17) is 4.52 Å². The third kappa shape index (κ3) is 6.51. The number of benzene rings is 3. The zero-order chi connectivity index (χ0) is 28.5. The normalized spacial score (nSPS) is 12.4. The molecule has 40 heavy (non-hydrogen) atoms. The molecule has 0 saturated heterocycles. The van der Waals surface area contributed by atoms with Crippen LogP contribution in [0, 0.1) is 18.7 Å². The predicted octanol–water partition coefficient (Wildman–Crippen LogP) is 7.50. The van der Waals surface area contributed by atoms with Crippen molar-refractivity contribution in [3.8, 4) is 34.0 Å². The molecule has 0 fully saturated rings. The summed E-state index contributed by atoms with van der Waals surface area (Å²) in [5, 5.41) is 13.3. The number of aliphatic carboxylic acids is 1. The number of hydrogen-bond donors (Lipinski definition) is 1. The molecule has 4 aromatic rings. The smallest absolute Gasteiger partial charge is 0.417 e. The molecule has 6 nitrogen and oxygen atoms in total. The molecule has 3 aromatic carbocycles. The van der Waals surface area contributed by atoms with E-state index in [2.05, 4.69) is 10.1 Å². The Kier molecular flexibility index (Phi) is 9.37. The lowest BCUT2D eigenvalue weighted by Crippen LogP contribution is -2.42.